The fourth-order valence-corrected chi connectivity index (χ4v) is 1.42. The first-order valence-electron chi connectivity index (χ1n) is 5.10. The third-order valence-corrected chi connectivity index (χ3v) is 2.32. The molecule has 0 aliphatic heterocycles. The van der Waals surface area contributed by atoms with Crippen molar-refractivity contribution in [1.29, 1.82) is 0 Å². The molecular formula is C11H13ClN2O3. The first-order chi connectivity index (χ1) is 7.99. The van der Waals surface area contributed by atoms with Gasteiger partial charge in [0.2, 0.25) is 0 Å². The number of aliphatic carboxylic acids is 1. The molecule has 1 unspecified atom stereocenters. The minimum atomic E-state index is -0.882. The highest BCUT2D eigenvalue weighted by molar-refractivity contribution is 6.30. The predicted octanol–water partition coefficient (Wildman–Crippen LogP) is 1.58. The van der Waals surface area contributed by atoms with E-state index in [4.69, 9.17) is 16.7 Å². The number of nitrogens with zero attached hydrogens (tertiary/aromatic N) is 1. The molecule has 0 aliphatic rings. The summed E-state index contributed by atoms with van der Waals surface area (Å²) in [7, 11) is 0. The van der Waals surface area contributed by atoms with E-state index in [0.717, 1.165) is 0 Å². The van der Waals surface area contributed by atoms with Gasteiger partial charge in [0.05, 0.1) is 0 Å². The quantitative estimate of drug-likeness (QED) is 0.838. The van der Waals surface area contributed by atoms with Crippen molar-refractivity contribution in [1.82, 2.24) is 10.3 Å². The molecule has 2 N–H and O–H groups in total. The number of nitrogens with one attached hydrogen (secondary N) is 1. The summed E-state index contributed by atoms with van der Waals surface area (Å²) in [6, 6.07) is 3.03. The fraction of sp³-hybridized carbons (Fsp3) is 0.364. The van der Waals surface area contributed by atoms with Crippen LogP contribution in [0.3, 0.4) is 0 Å². The molecule has 0 fully saturated rings. The lowest BCUT2D eigenvalue weighted by molar-refractivity contribution is -0.137. The molecule has 5 nitrogen and oxygen atoms in total. The van der Waals surface area contributed by atoms with Crippen molar-refractivity contribution in [3.63, 3.8) is 0 Å². The Morgan fingerprint density at radius 3 is 2.88 bits per heavy atom. The van der Waals surface area contributed by atoms with Crippen molar-refractivity contribution >= 4 is 23.5 Å². The Balaban J connectivity index is 2.47. The molecule has 0 spiro atoms. The number of hydrogen-bond acceptors (Lipinski definition) is 3. The summed E-state index contributed by atoms with van der Waals surface area (Å²) in [5, 5.41) is 11.6. The first-order valence-corrected chi connectivity index (χ1v) is 5.48. The third kappa shape index (κ3) is 4.82. The van der Waals surface area contributed by atoms with E-state index in [1.54, 1.807) is 13.0 Å². The summed E-state index contributed by atoms with van der Waals surface area (Å²) in [5.41, 5.74) is 0.222. The van der Waals surface area contributed by atoms with Crippen molar-refractivity contribution < 1.29 is 14.7 Å². The number of halogens is 1. The number of aromatic nitrogens is 1. The van der Waals surface area contributed by atoms with Gasteiger partial charge in [-0.05, 0) is 18.1 Å². The van der Waals surface area contributed by atoms with E-state index in [9.17, 15) is 9.59 Å². The smallest absolute Gasteiger partial charge is 0.303 e. The Kier molecular flexibility index (Phi) is 4.90. The number of carboxylic acid groups (broad SMARTS) is 1. The molecule has 1 atom stereocenters. The number of carbonyl (C=O) groups is 2. The van der Waals surface area contributed by atoms with Crippen molar-refractivity contribution in [2.75, 3.05) is 6.54 Å². The van der Waals surface area contributed by atoms with E-state index >= 15 is 0 Å². The SMILES string of the molecule is CC(CNC(=O)c1cc(Cl)ccn1)CC(=O)O. The van der Waals surface area contributed by atoms with E-state index in [1.165, 1.54) is 12.3 Å². The van der Waals surface area contributed by atoms with Crippen LogP contribution in [0, 0.1) is 5.92 Å². The van der Waals surface area contributed by atoms with Crippen LogP contribution in [-0.4, -0.2) is 28.5 Å². The predicted molar refractivity (Wildman–Crippen MR) is 63.0 cm³/mol. The lowest BCUT2D eigenvalue weighted by Crippen LogP contribution is -2.29. The highest BCUT2D eigenvalue weighted by atomic mass is 35.5. The summed E-state index contributed by atoms with van der Waals surface area (Å²) >= 11 is 5.72. The molecule has 17 heavy (non-hydrogen) atoms. The lowest BCUT2D eigenvalue weighted by atomic mass is 10.1. The molecule has 92 valence electrons. The van der Waals surface area contributed by atoms with E-state index in [1.807, 2.05) is 0 Å². The maximum atomic E-state index is 11.6. The summed E-state index contributed by atoms with van der Waals surface area (Å²) in [6.45, 7) is 2.04. The van der Waals surface area contributed by atoms with Crippen molar-refractivity contribution in [3.05, 3.63) is 29.0 Å². The van der Waals surface area contributed by atoms with Crippen molar-refractivity contribution in [2.45, 2.75) is 13.3 Å². The van der Waals surface area contributed by atoms with Gasteiger partial charge < -0.3 is 10.4 Å². The second kappa shape index (κ2) is 6.20. The Morgan fingerprint density at radius 1 is 1.59 bits per heavy atom. The average molecular weight is 257 g/mol. The summed E-state index contributed by atoms with van der Waals surface area (Å²) in [5.74, 6) is -1.37. The normalized spacial score (nSPS) is 11.9. The molecule has 1 aromatic heterocycles. The number of pyridine rings is 1. The van der Waals surface area contributed by atoms with Gasteiger partial charge in [0.15, 0.2) is 0 Å². The molecule has 6 heteroatoms. The van der Waals surface area contributed by atoms with Crippen molar-refractivity contribution in [2.24, 2.45) is 5.92 Å². The van der Waals surface area contributed by atoms with Gasteiger partial charge in [-0.25, -0.2) is 0 Å². The second-order valence-electron chi connectivity index (χ2n) is 3.77. The fourth-order valence-electron chi connectivity index (χ4n) is 1.26. The van der Waals surface area contributed by atoms with E-state index in [-0.39, 0.29) is 23.9 Å². The Hall–Kier alpha value is -1.62. The maximum Gasteiger partial charge on any atom is 0.303 e. The highest BCUT2D eigenvalue weighted by Crippen LogP contribution is 2.08. The van der Waals surface area contributed by atoms with Crippen LogP contribution >= 0.6 is 11.6 Å². The molecule has 1 aromatic rings. The Morgan fingerprint density at radius 2 is 2.29 bits per heavy atom. The number of rotatable bonds is 5. The van der Waals surface area contributed by atoms with Gasteiger partial charge in [0.25, 0.3) is 5.91 Å². The van der Waals surface area contributed by atoms with Gasteiger partial charge in [-0.2, -0.15) is 0 Å². The zero-order valence-electron chi connectivity index (χ0n) is 9.31. The van der Waals surface area contributed by atoms with Crippen LogP contribution in [0.1, 0.15) is 23.8 Å². The number of amides is 1. The molecule has 0 aliphatic carbocycles. The van der Waals surface area contributed by atoms with Gasteiger partial charge in [-0.15, -0.1) is 0 Å². The maximum absolute atomic E-state index is 11.6. The molecule has 1 rings (SSSR count). The average Bonchev–Trinajstić information content (AvgIpc) is 2.25. The molecule has 0 aromatic carbocycles. The molecule has 1 amide bonds. The molecule has 1 heterocycles. The van der Waals surface area contributed by atoms with Gasteiger partial charge >= 0.3 is 5.97 Å². The largest absolute Gasteiger partial charge is 0.481 e. The number of carboxylic acids is 1. The number of hydrogen-bond donors (Lipinski definition) is 2. The van der Waals surface area contributed by atoms with Gasteiger partial charge in [-0.3, -0.25) is 14.6 Å². The van der Waals surface area contributed by atoms with Crippen LogP contribution in [0.5, 0.6) is 0 Å². The highest BCUT2D eigenvalue weighted by Gasteiger charge is 2.11. The van der Waals surface area contributed by atoms with Crippen LogP contribution in [-0.2, 0) is 4.79 Å². The van der Waals surface area contributed by atoms with Crippen LogP contribution < -0.4 is 5.32 Å². The van der Waals surface area contributed by atoms with Crippen LogP contribution in [0.4, 0.5) is 0 Å². The molecule has 0 bridgehead atoms. The van der Waals surface area contributed by atoms with E-state index < -0.39 is 5.97 Å². The Labute approximate surface area is 104 Å². The zero-order valence-corrected chi connectivity index (χ0v) is 10.1. The third-order valence-electron chi connectivity index (χ3n) is 2.09. The van der Waals surface area contributed by atoms with Gasteiger partial charge in [0, 0.05) is 24.2 Å². The van der Waals surface area contributed by atoms with Gasteiger partial charge in [-0.1, -0.05) is 18.5 Å². The van der Waals surface area contributed by atoms with Crippen LogP contribution in [0.15, 0.2) is 18.3 Å². The first kappa shape index (κ1) is 13.4. The van der Waals surface area contributed by atoms with E-state index in [0.29, 0.717) is 11.6 Å². The second-order valence-corrected chi connectivity index (χ2v) is 4.21. The Bertz CT molecular complexity index is 423. The topological polar surface area (TPSA) is 79.3 Å². The minimum Gasteiger partial charge on any atom is -0.481 e. The zero-order chi connectivity index (χ0) is 12.8. The van der Waals surface area contributed by atoms with Crippen LogP contribution in [0.25, 0.3) is 0 Å². The van der Waals surface area contributed by atoms with E-state index in [2.05, 4.69) is 10.3 Å². The molecule has 0 saturated heterocycles. The summed E-state index contributed by atoms with van der Waals surface area (Å²) < 4.78 is 0. The monoisotopic (exact) mass is 256 g/mol. The molecular weight excluding hydrogens is 244 g/mol. The molecule has 0 radical (unpaired) electrons. The summed E-state index contributed by atoms with van der Waals surface area (Å²) in [6.07, 6.45) is 1.46. The standard InChI is InChI=1S/C11H13ClN2O3/c1-7(4-10(15)16)6-14-11(17)9-5-8(12)2-3-13-9/h2-3,5,7H,4,6H2,1H3,(H,14,17)(H,15,16). The van der Waals surface area contributed by atoms with Gasteiger partial charge in [0.1, 0.15) is 5.69 Å². The van der Waals surface area contributed by atoms with Crippen LogP contribution in [0.2, 0.25) is 5.02 Å². The number of carbonyl (C=O) groups excluding carboxylic acids is 1. The lowest BCUT2D eigenvalue weighted by Gasteiger charge is -2.09. The van der Waals surface area contributed by atoms with Crippen molar-refractivity contribution in [3.8, 4) is 0 Å². The summed E-state index contributed by atoms with van der Waals surface area (Å²) in [4.78, 5) is 25.9. The minimum absolute atomic E-state index is 0.0171. The molecule has 0 saturated carbocycles.